The van der Waals surface area contributed by atoms with Crippen molar-refractivity contribution < 1.29 is 4.79 Å². The smallest absolute Gasteiger partial charge is 0.195 e. The van der Waals surface area contributed by atoms with Gasteiger partial charge < -0.3 is 0 Å². The normalized spacial score (nSPS) is 10.7. The van der Waals surface area contributed by atoms with Crippen molar-refractivity contribution in [3.8, 4) is 0 Å². The van der Waals surface area contributed by atoms with E-state index in [2.05, 4.69) is 20.9 Å². The van der Waals surface area contributed by atoms with Gasteiger partial charge in [-0.05, 0) is 42.8 Å². The first kappa shape index (κ1) is 13.0. The van der Waals surface area contributed by atoms with Crippen molar-refractivity contribution in [2.45, 2.75) is 6.92 Å². The molecule has 20 heavy (non-hydrogen) atoms. The molecule has 0 radical (unpaired) electrons. The number of benzene rings is 2. The molecule has 0 spiro atoms. The monoisotopic (exact) mass is 325 g/mol. The zero-order valence-electron chi connectivity index (χ0n) is 10.9. The molecule has 2 aromatic carbocycles. The van der Waals surface area contributed by atoms with Crippen LogP contribution in [0.3, 0.4) is 0 Å². The first-order valence-corrected chi connectivity index (χ1v) is 7.11. The molecule has 0 amide bonds. The van der Waals surface area contributed by atoms with Crippen molar-refractivity contribution in [2.75, 3.05) is 0 Å². The van der Waals surface area contributed by atoms with Gasteiger partial charge in [0.2, 0.25) is 0 Å². The summed E-state index contributed by atoms with van der Waals surface area (Å²) in [7, 11) is 0. The van der Waals surface area contributed by atoms with Crippen molar-refractivity contribution in [1.29, 1.82) is 0 Å². The molecule has 3 heteroatoms. The Bertz CT molecular complexity index is 806. The number of ketones is 1. The van der Waals surface area contributed by atoms with Crippen LogP contribution in [0.5, 0.6) is 0 Å². The maximum atomic E-state index is 12.7. The van der Waals surface area contributed by atoms with Crippen molar-refractivity contribution in [2.24, 2.45) is 0 Å². The maximum Gasteiger partial charge on any atom is 0.195 e. The fourth-order valence-corrected chi connectivity index (χ4v) is 2.79. The molecule has 1 aromatic heterocycles. The minimum atomic E-state index is 0.0132. The number of hydrogen-bond donors (Lipinski definition) is 0. The number of fused-ring (bicyclic) bond motifs is 1. The first-order chi connectivity index (χ1) is 9.66. The molecule has 0 unspecified atom stereocenters. The van der Waals surface area contributed by atoms with Gasteiger partial charge in [0.05, 0.1) is 5.52 Å². The number of nitrogens with zero attached hydrogens (tertiary/aromatic N) is 1. The Kier molecular flexibility index (Phi) is 3.36. The summed E-state index contributed by atoms with van der Waals surface area (Å²) in [6.07, 6.45) is 1.72. The van der Waals surface area contributed by atoms with Gasteiger partial charge in [0, 0.05) is 27.2 Å². The molecule has 0 aliphatic rings. The van der Waals surface area contributed by atoms with Gasteiger partial charge >= 0.3 is 0 Å². The Morgan fingerprint density at radius 1 is 1.05 bits per heavy atom. The lowest BCUT2D eigenvalue weighted by Gasteiger charge is -2.08. The third-order valence-electron chi connectivity index (χ3n) is 3.31. The van der Waals surface area contributed by atoms with E-state index in [-0.39, 0.29) is 5.78 Å². The van der Waals surface area contributed by atoms with E-state index in [0.717, 1.165) is 20.9 Å². The fraction of sp³-hybridized carbons (Fsp3) is 0.0588. The van der Waals surface area contributed by atoms with Gasteiger partial charge in [-0.25, -0.2) is 0 Å². The molecule has 0 saturated heterocycles. The third-order valence-corrected chi connectivity index (χ3v) is 3.80. The second kappa shape index (κ2) is 5.17. The number of carbonyl (C=O) groups excluding carboxylic acids is 1. The highest BCUT2D eigenvalue weighted by atomic mass is 79.9. The molecule has 3 aromatic rings. The Balaban J connectivity index is 2.18. The quantitative estimate of drug-likeness (QED) is 0.647. The van der Waals surface area contributed by atoms with E-state index in [1.165, 1.54) is 0 Å². The van der Waals surface area contributed by atoms with Crippen molar-refractivity contribution in [1.82, 2.24) is 4.98 Å². The second-order valence-corrected chi connectivity index (χ2v) is 5.58. The van der Waals surface area contributed by atoms with Crippen LogP contribution in [-0.4, -0.2) is 10.8 Å². The van der Waals surface area contributed by atoms with Gasteiger partial charge in [-0.3, -0.25) is 9.78 Å². The van der Waals surface area contributed by atoms with Crippen LogP contribution in [0.4, 0.5) is 0 Å². The molecule has 0 aliphatic carbocycles. The van der Waals surface area contributed by atoms with E-state index in [9.17, 15) is 4.79 Å². The van der Waals surface area contributed by atoms with E-state index in [4.69, 9.17) is 0 Å². The van der Waals surface area contributed by atoms with Gasteiger partial charge in [0.1, 0.15) is 0 Å². The third kappa shape index (κ3) is 2.25. The SMILES string of the molecule is Cc1cc(Br)ccc1C(=O)c1cccc2cccnc12. The highest BCUT2D eigenvalue weighted by Crippen LogP contribution is 2.22. The first-order valence-electron chi connectivity index (χ1n) is 6.31. The van der Waals surface area contributed by atoms with E-state index in [1.54, 1.807) is 6.20 Å². The summed E-state index contributed by atoms with van der Waals surface area (Å²) in [5.41, 5.74) is 3.07. The number of carbonyl (C=O) groups is 1. The maximum absolute atomic E-state index is 12.7. The Labute approximate surface area is 125 Å². The van der Waals surface area contributed by atoms with E-state index >= 15 is 0 Å². The van der Waals surface area contributed by atoms with Gasteiger partial charge in [0.15, 0.2) is 5.78 Å². The average molecular weight is 326 g/mol. The van der Waals surface area contributed by atoms with Gasteiger partial charge in [0.25, 0.3) is 0 Å². The molecule has 3 rings (SSSR count). The van der Waals surface area contributed by atoms with Crippen molar-refractivity contribution in [3.05, 3.63) is 75.9 Å². The van der Waals surface area contributed by atoms with Crippen LogP contribution in [0.1, 0.15) is 21.5 Å². The lowest BCUT2D eigenvalue weighted by molar-refractivity contribution is 0.103. The van der Waals surface area contributed by atoms with Crippen LogP contribution >= 0.6 is 15.9 Å². The Morgan fingerprint density at radius 3 is 2.65 bits per heavy atom. The lowest BCUT2D eigenvalue weighted by atomic mass is 9.97. The predicted octanol–water partition coefficient (Wildman–Crippen LogP) is 4.54. The molecule has 0 aliphatic heterocycles. The largest absolute Gasteiger partial charge is 0.289 e. The number of halogens is 1. The molecule has 1 heterocycles. The van der Waals surface area contributed by atoms with E-state index < -0.39 is 0 Å². The van der Waals surface area contributed by atoms with Crippen molar-refractivity contribution >= 4 is 32.6 Å². The number of hydrogen-bond acceptors (Lipinski definition) is 2. The predicted molar refractivity (Wildman–Crippen MR) is 84.1 cm³/mol. The van der Waals surface area contributed by atoms with Crippen LogP contribution in [0.25, 0.3) is 10.9 Å². The number of para-hydroxylation sites is 1. The summed E-state index contributed by atoms with van der Waals surface area (Å²) in [6.45, 7) is 1.94. The lowest BCUT2D eigenvalue weighted by Crippen LogP contribution is -2.05. The standard InChI is InChI=1S/C17H12BrNO/c1-11-10-13(18)7-8-14(11)17(20)15-6-2-4-12-5-3-9-19-16(12)15/h2-10H,1H3. The van der Waals surface area contributed by atoms with Crippen molar-refractivity contribution in [3.63, 3.8) is 0 Å². The number of aryl methyl sites for hydroxylation is 1. The summed E-state index contributed by atoms with van der Waals surface area (Å²) in [5.74, 6) is 0.0132. The van der Waals surface area contributed by atoms with Gasteiger partial charge in [-0.15, -0.1) is 0 Å². The molecular weight excluding hydrogens is 314 g/mol. The molecule has 0 bridgehead atoms. The summed E-state index contributed by atoms with van der Waals surface area (Å²) < 4.78 is 0.975. The summed E-state index contributed by atoms with van der Waals surface area (Å²) in [6, 6.07) is 15.2. The Hall–Kier alpha value is -2.00. The second-order valence-electron chi connectivity index (χ2n) is 4.67. The zero-order valence-corrected chi connectivity index (χ0v) is 12.5. The van der Waals surface area contributed by atoms with E-state index in [1.807, 2.05) is 55.5 Å². The molecule has 98 valence electrons. The average Bonchev–Trinajstić information content (AvgIpc) is 2.46. The molecule has 0 atom stereocenters. The highest BCUT2D eigenvalue weighted by Gasteiger charge is 2.15. The highest BCUT2D eigenvalue weighted by molar-refractivity contribution is 9.10. The van der Waals surface area contributed by atoms with Crippen LogP contribution in [0.2, 0.25) is 0 Å². The molecule has 0 saturated carbocycles. The number of pyridine rings is 1. The minimum absolute atomic E-state index is 0.0132. The fourth-order valence-electron chi connectivity index (χ4n) is 2.31. The van der Waals surface area contributed by atoms with Crippen LogP contribution in [-0.2, 0) is 0 Å². The topological polar surface area (TPSA) is 30.0 Å². The number of rotatable bonds is 2. The van der Waals surface area contributed by atoms with Crippen LogP contribution < -0.4 is 0 Å². The van der Waals surface area contributed by atoms with E-state index in [0.29, 0.717) is 11.1 Å². The van der Waals surface area contributed by atoms with Crippen LogP contribution in [0, 0.1) is 6.92 Å². The minimum Gasteiger partial charge on any atom is -0.289 e. The summed E-state index contributed by atoms with van der Waals surface area (Å²) >= 11 is 3.42. The molecule has 2 nitrogen and oxygen atoms in total. The molecular formula is C17H12BrNO. The Morgan fingerprint density at radius 2 is 1.85 bits per heavy atom. The van der Waals surface area contributed by atoms with Gasteiger partial charge in [-0.2, -0.15) is 0 Å². The van der Waals surface area contributed by atoms with Gasteiger partial charge in [-0.1, -0.05) is 34.1 Å². The summed E-state index contributed by atoms with van der Waals surface area (Å²) in [4.78, 5) is 17.1. The van der Waals surface area contributed by atoms with Crippen LogP contribution in [0.15, 0.2) is 59.2 Å². The molecule has 0 fully saturated rings. The number of aromatic nitrogens is 1. The zero-order chi connectivity index (χ0) is 14.1. The summed E-state index contributed by atoms with van der Waals surface area (Å²) in [5, 5.41) is 0.980. The molecule has 0 N–H and O–H groups in total.